The zero-order chi connectivity index (χ0) is 12.1. The highest BCUT2D eigenvalue weighted by molar-refractivity contribution is 5.91. The van der Waals surface area contributed by atoms with E-state index in [-0.39, 0.29) is 17.5 Å². The molecule has 0 aliphatic carbocycles. The Bertz CT molecular complexity index is 379. The first-order chi connectivity index (χ1) is 7.54. The van der Waals surface area contributed by atoms with Crippen LogP contribution in [0.15, 0.2) is 12.1 Å². The summed E-state index contributed by atoms with van der Waals surface area (Å²) in [6, 6.07) is 2.40. The Balaban J connectivity index is 2.97. The van der Waals surface area contributed by atoms with Crippen molar-refractivity contribution in [2.24, 2.45) is 0 Å². The molecule has 0 bridgehead atoms. The van der Waals surface area contributed by atoms with Crippen LogP contribution in [-0.2, 0) is 4.74 Å². The lowest BCUT2D eigenvalue weighted by molar-refractivity contribution is 0.0372. The fourth-order valence-corrected chi connectivity index (χ4v) is 1.10. The predicted molar refractivity (Wildman–Crippen MR) is 55.9 cm³/mol. The maximum atomic E-state index is 12.9. The highest BCUT2D eigenvalue weighted by Crippen LogP contribution is 2.17. The molecule has 0 amide bonds. The van der Waals surface area contributed by atoms with Gasteiger partial charge in [0.25, 0.3) is 0 Å². The number of hydrogen-bond acceptors (Lipinski definition) is 4. The van der Waals surface area contributed by atoms with Gasteiger partial charge in [-0.1, -0.05) is 0 Å². The van der Waals surface area contributed by atoms with Gasteiger partial charge >= 0.3 is 5.97 Å². The summed E-state index contributed by atoms with van der Waals surface area (Å²) in [6.07, 6.45) is -0.243. The van der Waals surface area contributed by atoms with E-state index in [4.69, 9.17) is 9.47 Å². The smallest absolute Gasteiger partial charge is 0.343 e. The highest BCUT2D eigenvalue weighted by atomic mass is 19.1. The van der Waals surface area contributed by atoms with Crippen molar-refractivity contribution in [3.63, 3.8) is 0 Å². The maximum Gasteiger partial charge on any atom is 0.343 e. The molecule has 0 spiro atoms. The number of carbonyl (C=O) groups is 1. The molecule has 5 heteroatoms. The highest BCUT2D eigenvalue weighted by Gasteiger charge is 2.17. The third kappa shape index (κ3) is 3.18. The summed E-state index contributed by atoms with van der Waals surface area (Å²) in [5.41, 5.74) is 0.136. The lowest BCUT2D eigenvalue weighted by atomic mass is 10.2. The molecule has 0 atom stereocenters. The summed E-state index contributed by atoms with van der Waals surface area (Å²) in [6.45, 7) is 5.49. The Morgan fingerprint density at radius 2 is 2.19 bits per heavy atom. The second kappa shape index (κ2) is 5.44. The first-order valence-electron chi connectivity index (χ1n) is 5.05. The fraction of sp³-hybridized carbons (Fsp3) is 0.455. The molecule has 0 fully saturated rings. The van der Waals surface area contributed by atoms with Crippen LogP contribution in [0.3, 0.4) is 0 Å². The topological polar surface area (TPSA) is 48.4 Å². The van der Waals surface area contributed by atoms with Crippen molar-refractivity contribution in [1.29, 1.82) is 0 Å². The van der Waals surface area contributed by atoms with E-state index in [1.807, 2.05) is 0 Å². The minimum Gasteiger partial charge on any atom is -0.477 e. The molecule has 4 nitrogen and oxygen atoms in total. The maximum absolute atomic E-state index is 12.9. The van der Waals surface area contributed by atoms with Crippen LogP contribution < -0.4 is 4.74 Å². The third-order valence-corrected chi connectivity index (χ3v) is 1.67. The molecule has 0 aliphatic rings. The van der Waals surface area contributed by atoms with E-state index in [1.165, 1.54) is 6.07 Å². The number of pyridine rings is 1. The van der Waals surface area contributed by atoms with Crippen LogP contribution in [0.2, 0.25) is 0 Å². The van der Waals surface area contributed by atoms with E-state index >= 15 is 0 Å². The lowest BCUT2D eigenvalue weighted by Crippen LogP contribution is -2.14. The van der Waals surface area contributed by atoms with Crippen molar-refractivity contribution >= 4 is 5.97 Å². The minimum absolute atomic E-state index is 0.0341. The average Bonchev–Trinajstić information content (AvgIpc) is 2.17. The molecule has 1 rings (SSSR count). The molecule has 0 radical (unpaired) electrons. The van der Waals surface area contributed by atoms with E-state index < -0.39 is 11.9 Å². The van der Waals surface area contributed by atoms with Gasteiger partial charge in [0, 0.05) is 0 Å². The average molecular weight is 227 g/mol. The second-order valence-corrected chi connectivity index (χ2v) is 3.37. The normalized spacial score (nSPS) is 10.3. The predicted octanol–water partition coefficient (Wildman–Crippen LogP) is 2.18. The van der Waals surface area contributed by atoms with Gasteiger partial charge in [-0.25, -0.2) is 4.79 Å². The molecule has 1 aromatic heterocycles. The number of nitrogens with zero attached hydrogens (tertiary/aromatic N) is 1. The third-order valence-electron chi connectivity index (χ3n) is 1.67. The zero-order valence-corrected chi connectivity index (χ0v) is 9.49. The zero-order valence-electron chi connectivity index (χ0n) is 9.49. The fourth-order valence-electron chi connectivity index (χ4n) is 1.10. The van der Waals surface area contributed by atoms with Crippen molar-refractivity contribution in [2.75, 3.05) is 6.61 Å². The monoisotopic (exact) mass is 227 g/mol. The summed E-state index contributed by atoms with van der Waals surface area (Å²) in [7, 11) is 0. The molecule has 88 valence electrons. The van der Waals surface area contributed by atoms with Crippen molar-refractivity contribution < 1.29 is 18.7 Å². The Kier molecular flexibility index (Phi) is 4.22. The molecular formula is C11H14FNO3. The largest absolute Gasteiger partial charge is 0.477 e. The summed E-state index contributed by atoms with van der Waals surface area (Å²) in [4.78, 5) is 15.1. The molecule has 0 aliphatic heterocycles. The van der Waals surface area contributed by atoms with E-state index in [2.05, 4.69) is 4.98 Å². The van der Waals surface area contributed by atoms with Crippen molar-refractivity contribution in [2.45, 2.75) is 26.9 Å². The molecular weight excluding hydrogens is 213 g/mol. The lowest BCUT2D eigenvalue weighted by Gasteiger charge is -2.10. The molecule has 0 saturated carbocycles. The number of ether oxygens (including phenoxy) is 2. The van der Waals surface area contributed by atoms with Gasteiger partial charge in [0.05, 0.1) is 12.7 Å². The number of halogens is 1. The van der Waals surface area contributed by atoms with Gasteiger partial charge in [-0.3, -0.25) is 0 Å². The summed E-state index contributed by atoms with van der Waals surface area (Å²) in [5.74, 6) is -1.29. The molecule has 0 N–H and O–H groups in total. The molecule has 1 heterocycles. The number of hydrogen-bond donors (Lipinski definition) is 0. The van der Waals surface area contributed by atoms with Gasteiger partial charge in [0.2, 0.25) is 11.8 Å². The van der Waals surface area contributed by atoms with Crippen molar-refractivity contribution in [1.82, 2.24) is 4.98 Å². The van der Waals surface area contributed by atoms with Crippen LogP contribution in [0.25, 0.3) is 0 Å². The van der Waals surface area contributed by atoms with Crippen LogP contribution in [0.5, 0.6) is 5.88 Å². The summed E-state index contributed by atoms with van der Waals surface area (Å²) in [5, 5.41) is 0. The van der Waals surface area contributed by atoms with Crippen LogP contribution in [0.4, 0.5) is 4.39 Å². The Morgan fingerprint density at radius 1 is 1.50 bits per heavy atom. The molecule has 0 aromatic carbocycles. The Labute approximate surface area is 93.4 Å². The molecule has 0 unspecified atom stereocenters. The molecule has 0 saturated heterocycles. The molecule has 1 aromatic rings. The van der Waals surface area contributed by atoms with Gasteiger partial charge in [0.1, 0.15) is 5.56 Å². The second-order valence-electron chi connectivity index (χ2n) is 3.37. The van der Waals surface area contributed by atoms with Gasteiger partial charge in [-0.05, 0) is 32.9 Å². The summed E-state index contributed by atoms with van der Waals surface area (Å²) < 4.78 is 22.9. The van der Waals surface area contributed by atoms with Crippen LogP contribution in [0.1, 0.15) is 31.1 Å². The SMILES string of the molecule is CCOc1nc(F)ccc1C(=O)OC(C)C. The van der Waals surface area contributed by atoms with E-state index in [0.29, 0.717) is 6.61 Å². The van der Waals surface area contributed by atoms with Gasteiger partial charge in [-0.2, -0.15) is 9.37 Å². The van der Waals surface area contributed by atoms with Crippen LogP contribution in [0, 0.1) is 5.95 Å². The number of carbonyl (C=O) groups excluding carboxylic acids is 1. The Hall–Kier alpha value is -1.65. The van der Waals surface area contributed by atoms with Crippen LogP contribution in [-0.4, -0.2) is 23.7 Å². The van der Waals surface area contributed by atoms with E-state index in [9.17, 15) is 9.18 Å². The van der Waals surface area contributed by atoms with Gasteiger partial charge < -0.3 is 9.47 Å². The van der Waals surface area contributed by atoms with Gasteiger partial charge in [0.15, 0.2) is 0 Å². The number of rotatable bonds is 4. The van der Waals surface area contributed by atoms with E-state index in [1.54, 1.807) is 20.8 Å². The van der Waals surface area contributed by atoms with Crippen molar-refractivity contribution in [3.8, 4) is 5.88 Å². The standard InChI is InChI=1S/C11H14FNO3/c1-4-15-10-8(5-6-9(12)13-10)11(14)16-7(2)3/h5-7H,4H2,1-3H3. The quantitative estimate of drug-likeness (QED) is 0.584. The van der Waals surface area contributed by atoms with Crippen LogP contribution >= 0.6 is 0 Å². The first kappa shape index (κ1) is 12.4. The number of esters is 1. The summed E-state index contributed by atoms with van der Waals surface area (Å²) >= 11 is 0. The van der Waals surface area contributed by atoms with Crippen molar-refractivity contribution in [3.05, 3.63) is 23.6 Å². The first-order valence-corrected chi connectivity index (χ1v) is 5.05. The molecule has 16 heavy (non-hydrogen) atoms. The van der Waals surface area contributed by atoms with Gasteiger partial charge in [-0.15, -0.1) is 0 Å². The Morgan fingerprint density at radius 3 is 2.75 bits per heavy atom. The number of aromatic nitrogens is 1. The minimum atomic E-state index is -0.690. The van der Waals surface area contributed by atoms with E-state index in [0.717, 1.165) is 6.07 Å².